The molecule has 1 atom stereocenters. The van der Waals surface area contributed by atoms with Crippen molar-refractivity contribution in [1.82, 2.24) is 20.1 Å². The smallest absolute Gasteiger partial charge is 0.231 e. The molecule has 1 heterocycles. The van der Waals surface area contributed by atoms with Crippen LogP contribution in [0.4, 0.5) is 0 Å². The summed E-state index contributed by atoms with van der Waals surface area (Å²) in [6, 6.07) is 9.21. The molecule has 2 rings (SSSR count). The molecule has 0 bridgehead atoms. The Bertz CT molecular complexity index is 831. The van der Waals surface area contributed by atoms with Gasteiger partial charge in [-0.15, -0.1) is 10.2 Å². The van der Waals surface area contributed by atoms with E-state index in [1.807, 2.05) is 20.9 Å². The summed E-state index contributed by atoms with van der Waals surface area (Å²) in [5.41, 5.74) is -0.894. The fraction of sp³-hybridized carbons (Fsp3) is 0.444. The van der Waals surface area contributed by atoms with Gasteiger partial charge in [0.1, 0.15) is 17.9 Å². The van der Waals surface area contributed by atoms with Gasteiger partial charge >= 0.3 is 0 Å². The van der Waals surface area contributed by atoms with Crippen LogP contribution in [0.3, 0.4) is 0 Å². The van der Waals surface area contributed by atoms with Crippen molar-refractivity contribution in [2.24, 2.45) is 13.0 Å². The number of aromatic nitrogens is 3. The summed E-state index contributed by atoms with van der Waals surface area (Å²) in [7, 11) is 1.81. The monoisotopic (exact) mass is 407 g/mol. The Balaban J connectivity index is 1.90. The van der Waals surface area contributed by atoms with E-state index in [1.165, 1.54) is 11.8 Å². The van der Waals surface area contributed by atoms with E-state index in [9.17, 15) is 10.1 Å². The molecular formula is C18H22ClN5O2S. The van der Waals surface area contributed by atoms with Gasteiger partial charge in [0.05, 0.1) is 11.8 Å². The van der Waals surface area contributed by atoms with Gasteiger partial charge < -0.3 is 14.6 Å². The average Bonchev–Trinajstić information content (AvgIpc) is 2.99. The SMILES string of the molecule is CC(C)[C@@](C)(C#N)NC(=O)CSc1nnc(COc2ccc(Cl)cc2)n1C. The number of nitrogens with one attached hydrogen (secondary N) is 1. The Morgan fingerprint density at radius 1 is 1.41 bits per heavy atom. The highest BCUT2D eigenvalue weighted by molar-refractivity contribution is 7.99. The highest BCUT2D eigenvalue weighted by Crippen LogP contribution is 2.20. The number of nitrogens with zero attached hydrogens (tertiary/aromatic N) is 4. The second kappa shape index (κ2) is 9.11. The van der Waals surface area contributed by atoms with Crippen LogP contribution in [-0.2, 0) is 18.4 Å². The van der Waals surface area contributed by atoms with Crippen molar-refractivity contribution in [3.63, 3.8) is 0 Å². The lowest BCUT2D eigenvalue weighted by molar-refractivity contribution is -0.120. The van der Waals surface area contributed by atoms with Crippen LogP contribution in [0.1, 0.15) is 26.6 Å². The zero-order chi connectivity index (χ0) is 20.0. The number of amides is 1. The Labute approximate surface area is 168 Å². The van der Waals surface area contributed by atoms with Crippen LogP contribution in [0, 0.1) is 17.2 Å². The maximum atomic E-state index is 12.2. The molecule has 1 amide bonds. The highest BCUT2D eigenvalue weighted by atomic mass is 35.5. The topological polar surface area (TPSA) is 92.8 Å². The van der Waals surface area contributed by atoms with E-state index in [-0.39, 0.29) is 24.2 Å². The van der Waals surface area contributed by atoms with E-state index in [1.54, 1.807) is 35.8 Å². The molecule has 0 spiro atoms. The molecule has 0 aliphatic carbocycles. The highest BCUT2D eigenvalue weighted by Gasteiger charge is 2.30. The number of carbonyl (C=O) groups is 1. The third kappa shape index (κ3) is 5.62. The lowest BCUT2D eigenvalue weighted by Crippen LogP contribution is -2.49. The average molecular weight is 408 g/mol. The standard InChI is InChI=1S/C18H22ClN5O2S/c1-12(2)18(3,11-20)21-16(25)10-27-17-23-22-15(24(17)4)9-26-14-7-5-13(19)6-8-14/h5-8,12H,9-10H2,1-4H3,(H,21,25)/t18-/m1/s1. The van der Waals surface area contributed by atoms with Crippen molar-refractivity contribution in [2.75, 3.05) is 5.75 Å². The number of thioether (sulfide) groups is 1. The molecule has 1 aromatic carbocycles. The third-order valence-corrected chi connectivity index (χ3v) is 5.50. The van der Waals surface area contributed by atoms with E-state index < -0.39 is 5.54 Å². The van der Waals surface area contributed by atoms with Gasteiger partial charge in [-0.3, -0.25) is 4.79 Å². The van der Waals surface area contributed by atoms with Crippen molar-refractivity contribution in [3.8, 4) is 11.8 Å². The first-order chi connectivity index (χ1) is 12.7. The zero-order valence-corrected chi connectivity index (χ0v) is 17.3. The molecule has 0 fully saturated rings. The second-order valence-corrected chi connectivity index (χ2v) is 7.89. The molecule has 1 aromatic heterocycles. The summed E-state index contributed by atoms with van der Waals surface area (Å²) in [5, 5.41) is 21.5. The fourth-order valence-electron chi connectivity index (χ4n) is 2.03. The fourth-order valence-corrected chi connectivity index (χ4v) is 2.89. The predicted octanol–water partition coefficient (Wildman–Crippen LogP) is 3.19. The third-order valence-electron chi connectivity index (χ3n) is 4.23. The summed E-state index contributed by atoms with van der Waals surface area (Å²) < 4.78 is 7.44. The number of rotatable bonds is 8. The molecule has 7 nitrogen and oxygen atoms in total. The first-order valence-electron chi connectivity index (χ1n) is 8.37. The Kier molecular flexibility index (Phi) is 7.11. The van der Waals surface area contributed by atoms with Crippen LogP contribution >= 0.6 is 23.4 Å². The van der Waals surface area contributed by atoms with E-state index >= 15 is 0 Å². The quantitative estimate of drug-likeness (QED) is 0.675. The van der Waals surface area contributed by atoms with Gasteiger partial charge in [0.25, 0.3) is 0 Å². The molecule has 0 saturated carbocycles. The maximum Gasteiger partial charge on any atom is 0.231 e. The molecule has 1 N–H and O–H groups in total. The van der Waals surface area contributed by atoms with Crippen LogP contribution in [0.2, 0.25) is 5.02 Å². The van der Waals surface area contributed by atoms with E-state index in [0.29, 0.717) is 21.8 Å². The van der Waals surface area contributed by atoms with Crippen LogP contribution in [0.25, 0.3) is 0 Å². The van der Waals surface area contributed by atoms with Gasteiger partial charge in [-0.05, 0) is 37.1 Å². The molecule has 0 radical (unpaired) electrons. The second-order valence-electron chi connectivity index (χ2n) is 6.51. The molecule has 0 saturated heterocycles. The summed E-state index contributed by atoms with van der Waals surface area (Å²) in [6.45, 7) is 5.76. The molecular weight excluding hydrogens is 386 g/mol. The van der Waals surface area contributed by atoms with Crippen molar-refractivity contribution < 1.29 is 9.53 Å². The van der Waals surface area contributed by atoms with Crippen molar-refractivity contribution in [1.29, 1.82) is 5.26 Å². The lowest BCUT2D eigenvalue weighted by Gasteiger charge is -2.27. The molecule has 27 heavy (non-hydrogen) atoms. The van der Waals surface area contributed by atoms with Crippen LogP contribution in [0.15, 0.2) is 29.4 Å². The predicted molar refractivity (Wildman–Crippen MR) is 105 cm³/mol. The first kappa shape index (κ1) is 21.1. The van der Waals surface area contributed by atoms with Gasteiger partial charge in [-0.1, -0.05) is 37.2 Å². The van der Waals surface area contributed by atoms with Crippen LogP contribution < -0.4 is 10.1 Å². The number of carbonyl (C=O) groups excluding carboxylic acids is 1. The van der Waals surface area contributed by atoms with Gasteiger partial charge in [-0.2, -0.15) is 5.26 Å². The summed E-state index contributed by atoms with van der Waals surface area (Å²) in [5.74, 6) is 1.24. The normalized spacial score (nSPS) is 13.1. The molecule has 144 valence electrons. The minimum atomic E-state index is -0.894. The molecule has 0 unspecified atom stereocenters. The van der Waals surface area contributed by atoms with Gasteiger partial charge in [0.15, 0.2) is 11.0 Å². The summed E-state index contributed by atoms with van der Waals surface area (Å²) >= 11 is 7.11. The molecule has 0 aliphatic heterocycles. The van der Waals surface area contributed by atoms with Crippen LogP contribution in [0.5, 0.6) is 5.75 Å². The Hall–Kier alpha value is -2.24. The van der Waals surface area contributed by atoms with Gasteiger partial charge in [0.2, 0.25) is 5.91 Å². The maximum absolute atomic E-state index is 12.2. The number of halogens is 1. The van der Waals surface area contributed by atoms with Gasteiger partial charge in [0, 0.05) is 12.1 Å². The van der Waals surface area contributed by atoms with Crippen molar-refractivity contribution >= 4 is 29.3 Å². The van der Waals surface area contributed by atoms with E-state index in [4.69, 9.17) is 16.3 Å². The minimum Gasteiger partial charge on any atom is -0.486 e. The number of ether oxygens (including phenoxy) is 1. The molecule has 9 heteroatoms. The number of hydrogen-bond acceptors (Lipinski definition) is 6. The molecule has 0 aliphatic rings. The zero-order valence-electron chi connectivity index (χ0n) is 15.7. The first-order valence-corrected chi connectivity index (χ1v) is 9.73. The van der Waals surface area contributed by atoms with Crippen molar-refractivity contribution in [3.05, 3.63) is 35.1 Å². The molecule has 2 aromatic rings. The van der Waals surface area contributed by atoms with E-state index in [0.717, 1.165) is 0 Å². The van der Waals surface area contributed by atoms with E-state index in [2.05, 4.69) is 21.6 Å². The Morgan fingerprint density at radius 3 is 2.67 bits per heavy atom. The van der Waals surface area contributed by atoms with Crippen molar-refractivity contribution in [2.45, 2.75) is 38.1 Å². The van der Waals surface area contributed by atoms with Crippen LogP contribution in [-0.4, -0.2) is 32.0 Å². The number of nitriles is 1. The number of benzene rings is 1. The lowest BCUT2D eigenvalue weighted by atomic mass is 9.90. The number of hydrogen-bond donors (Lipinski definition) is 1. The Morgan fingerprint density at radius 2 is 2.07 bits per heavy atom. The summed E-state index contributed by atoms with van der Waals surface area (Å²) in [6.07, 6.45) is 0. The van der Waals surface area contributed by atoms with Gasteiger partial charge in [-0.25, -0.2) is 0 Å². The summed E-state index contributed by atoms with van der Waals surface area (Å²) in [4.78, 5) is 12.2. The largest absolute Gasteiger partial charge is 0.486 e. The minimum absolute atomic E-state index is 0.00268.